The van der Waals surface area contributed by atoms with E-state index in [0.717, 1.165) is 34.9 Å². The molecule has 0 fully saturated rings. The Morgan fingerprint density at radius 3 is 2.82 bits per heavy atom. The van der Waals surface area contributed by atoms with Crippen LogP contribution in [0.3, 0.4) is 0 Å². The van der Waals surface area contributed by atoms with Crippen molar-refractivity contribution in [2.24, 2.45) is 0 Å². The van der Waals surface area contributed by atoms with E-state index in [1.807, 2.05) is 22.9 Å². The molecular formula is C17H19N3OS. The zero-order valence-corrected chi connectivity index (χ0v) is 13.6. The summed E-state index contributed by atoms with van der Waals surface area (Å²) in [6, 6.07) is 8.33. The number of rotatable bonds is 5. The lowest BCUT2D eigenvalue weighted by molar-refractivity contribution is -0.120. The maximum absolute atomic E-state index is 11.9. The Kier molecular flexibility index (Phi) is 4.24. The van der Waals surface area contributed by atoms with E-state index in [-0.39, 0.29) is 5.91 Å². The monoisotopic (exact) mass is 313 g/mol. The van der Waals surface area contributed by atoms with Crippen molar-refractivity contribution in [2.45, 2.75) is 26.7 Å². The van der Waals surface area contributed by atoms with Crippen LogP contribution in [0.1, 0.15) is 24.6 Å². The number of amides is 1. The molecule has 0 bridgehead atoms. The summed E-state index contributed by atoms with van der Waals surface area (Å²) in [5, 5.41) is 4.92. The predicted octanol–water partition coefficient (Wildman–Crippen LogP) is 3.44. The van der Waals surface area contributed by atoms with Crippen LogP contribution in [0.25, 0.3) is 16.2 Å². The van der Waals surface area contributed by atoms with Crippen LogP contribution in [0.15, 0.2) is 35.8 Å². The second-order valence-corrected chi connectivity index (χ2v) is 6.24. The van der Waals surface area contributed by atoms with Gasteiger partial charge in [0.25, 0.3) is 0 Å². The van der Waals surface area contributed by atoms with Gasteiger partial charge in [-0.2, -0.15) is 0 Å². The normalized spacial score (nSPS) is 11.0. The van der Waals surface area contributed by atoms with Crippen LogP contribution in [-0.2, 0) is 11.2 Å². The van der Waals surface area contributed by atoms with Crippen molar-refractivity contribution in [1.82, 2.24) is 14.7 Å². The standard InChI is InChI=1S/C17H19N3OS/c1-3-8-18-16(21)9-14-11-22-17-19-15(10-20(14)17)13-6-4-12(2)5-7-13/h4-7,10-11H,3,8-9H2,1-2H3,(H,18,21). The third-order valence-electron chi connectivity index (χ3n) is 3.54. The van der Waals surface area contributed by atoms with E-state index in [1.165, 1.54) is 5.56 Å². The minimum absolute atomic E-state index is 0.0622. The molecule has 22 heavy (non-hydrogen) atoms. The Bertz CT molecular complexity index is 786. The number of hydrogen-bond acceptors (Lipinski definition) is 3. The van der Waals surface area contributed by atoms with Gasteiger partial charge in [0.1, 0.15) is 0 Å². The van der Waals surface area contributed by atoms with Gasteiger partial charge in [0, 0.05) is 29.4 Å². The summed E-state index contributed by atoms with van der Waals surface area (Å²) in [5.41, 5.74) is 4.27. The van der Waals surface area contributed by atoms with E-state index in [4.69, 9.17) is 0 Å². The molecular weight excluding hydrogens is 294 g/mol. The minimum atomic E-state index is 0.0622. The number of carbonyl (C=O) groups excluding carboxylic acids is 1. The largest absolute Gasteiger partial charge is 0.356 e. The van der Waals surface area contributed by atoms with Gasteiger partial charge >= 0.3 is 0 Å². The van der Waals surface area contributed by atoms with Crippen molar-refractivity contribution in [3.05, 3.63) is 47.1 Å². The SMILES string of the molecule is CCCNC(=O)Cc1csc2nc(-c3ccc(C)cc3)cn12. The fraction of sp³-hybridized carbons (Fsp3) is 0.294. The first-order valence-corrected chi connectivity index (χ1v) is 8.34. The van der Waals surface area contributed by atoms with E-state index >= 15 is 0 Å². The van der Waals surface area contributed by atoms with Gasteiger partial charge in [-0.1, -0.05) is 36.8 Å². The highest BCUT2D eigenvalue weighted by molar-refractivity contribution is 7.15. The van der Waals surface area contributed by atoms with E-state index in [2.05, 4.69) is 41.5 Å². The van der Waals surface area contributed by atoms with Gasteiger partial charge in [-0.3, -0.25) is 9.20 Å². The van der Waals surface area contributed by atoms with Gasteiger partial charge in [-0.15, -0.1) is 11.3 Å². The van der Waals surface area contributed by atoms with Crippen molar-refractivity contribution in [1.29, 1.82) is 0 Å². The maximum atomic E-state index is 11.9. The number of imidazole rings is 1. The summed E-state index contributed by atoms with van der Waals surface area (Å²) >= 11 is 1.57. The highest BCUT2D eigenvalue weighted by atomic mass is 32.1. The number of nitrogens with zero attached hydrogens (tertiary/aromatic N) is 2. The number of nitrogens with one attached hydrogen (secondary N) is 1. The van der Waals surface area contributed by atoms with Crippen molar-refractivity contribution in [3.63, 3.8) is 0 Å². The second kappa shape index (κ2) is 6.32. The Balaban J connectivity index is 1.85. The van der Waals surface area contributed by atoms with Crippen LogP contribution < -0.4 is 5.32 Å². The summed E-state index contributed by atoms with van der Waals surface area (Å²) in [7, 11) is 0. The van der Waals surface area contributed by atoms with Crippen LogP contribution in [0, 0.1) is 6.92 Å². The smallest absolute Gasteiger partial charge is 0.225 e. The van der Waals surface area contributed by atoms with Crippen LogP contribution >= 0.6 is 11.3 Å². The number of aryl methyl sites for hydroxylation is 1. The number of hydrogen-bond donors (Lipinski definition) is 1. The topological polar surface area (TPSA) is 46.4 Å². The Labute approximate surface area is 133 Å². The van der Waals surface area contributed by atoms with Crippen LogP contribution in [0.4, 0.5) is 0 Å². The summed E-state index contributed by atoms with van der Waals surface area (Å²) in [4.78, 5) is 17.5. The van der Waals surface area contributed by atoms with E-state index in [0.29, 0.717) is 6.42 Å². The molecule has 0 aliphatic carbocycles. The molecule has 0 unspecified atom stereocenters. The summed E-state index contributed by atoms with van der Waals surface area (Å²) < 4.78 is 2.02. The lowest BCUT2D eigenvalue weighted by atomic mass is 10.1. The minimum Gasteiger partial charge on any atom is -0.356 e. The Morgan fingerprint density at radius 1 is 1.32 bits per heavy atom. The lowest BCUT2D eigenvalue weighted by Crippen LogP contribution is -2.26. The fourth-order valence-corrected chi connectivity index (χ4v) is 3.18. The number of aromatic nitrogens is 2. The fourth-order valence-electron chi connectivity index (χ4n) is 2.31. The Hall–Kier alpha value is -2.14. The number of carbonyl (C=O) groups is 1. The summed E-state index contributed by atoms with van der Waals surface area (Å²) in [5.74, 6) is 0.0622. The van der Waals surface area contributed by atoms with Crippen LogP contribution in [0.5, 0.6) is 0 Å². The Morgan fingerprint density at radius 2 is 2.09 bits per heavy atom. The molecule has 4 nitrogen and oxygen atoms in total. The van der Waals surface area contributed by atoms with E-state index < -0.39 is 0 Å². The zero-order chi connectivity index (χ0) is 15.5. The van der Waals surface area contributed by atoms with Gasteiger partial charge in [-0.05, 0) is 13.3 Å². The molecule has 2 heterocycles. The average Bonchev–Trinajstić information content (AvgIpc) is 3.08. The van der Waals surface area contributed by atoms with Crippen molar-refractivity contribution < 1.29 is 4.79 Å². The van der Waals surface area contributed by atoms with Gasteiger partial charge in [0.2, 0.25) is 5.91 Å². The molecule has 0 aliphatic rings. The maximum Gasteiger partial charge on any atom is 0.225 e. The van der Waals surface area contributed by atoms with Gasteiger partial charge in [0.15, 0.2) is 4.96 Å². The molecule has 0 saturated heterocycles. The third-order valence-corrected chi connectivity index (χ3v) is 4.43. The second-order valence-electron chi connectivity index (χ2n) is 5.40. The zero-order valence-electron chi connectivity index (χ0n) is 12.8. The quantitative estimate of drug-likeness (QED) is 0.784. The lowest BCUT2D eigenvalue weighted by Gasteiger charge is -2.02. The third kappa shape index (κ3) is 3.04. The summed E-state index contributed by atoms with van der Waals surface area (Å²) in [6.45, 7) is 4.85. The van der Waals surface area contributed by atoms with Crippen LogP contribution in [0.2, 0.25) is 0 Å². The molecule has 0 saturated carbocycles. The molecule has 3 aromatic rings. The first-order chi connectivity index (χ1) is 10.7. The molecule has 3 rings (SSSR count). The molecule has 114 valence electrons. The van der Waals surface area contributed by atoms with Crippen molar-refractivity contribution in [3.8, 4) is 11.3 Å². The molecule has 0 radical (unpaired) electrons. The molecule has 0 atom stereocenters. The molecule has 2 aromatic heterocycles. The molecule has 1 amide bonds. The molecule has 1 N–H and O–H groups in total. The molecule has 1 aromatic carbocycles. The number of fused-ring (bicyclic) bond motifs is 1. The number of thiazole rings is 1. The highest BCUT2D eigenvalue weighted by Crippen LogP contribution is 2.24. The van der Waals surface area contributed by atoms with Gasteiger partial charge in [0.05, 0.1) is 12.1 Å². The van der Waals surface area contributed by atoms with Crippen molar-refractivity contribution >= 4 is 22.2 Å². The molecule has 0 spiro atoms. The van der Waals surface area contributed by atoms with Crippen LogP contribution in [-0.4, -0.2) is 21.8 Å². The van der Waals surface area contributed by atoms with Crippen molar-refractivity contribution in [2.75, 3.05) is 6.54 Å². The highest BCUT2D eigenvalue weighted by Gasteiger charge is 2.12. The number of benzene rings is 1. The summed E-state index contributed by atoms with van der Waals surface area (Å²) in [6.07, 6.45) is 3.36. The van der Waals surface area contributed by atoms with E-state index in [1.54, 1.807) is 11.3 Å². The molecule has 5 heteroatoms. The van der Waals surface area contributed by atoms with Gasteiger partial charge in [-0.25, -0.2) is 4.98 Å². The first-order valence-electron chi connectivity index (χ1n) is 7.46. The van der Waals surface area contributed by atoms with E-state index in [9.17, 15) is 4.79 Å². The first kappa shape index (κ1) is 14.8. The van der Waals surface area contributed by atoms with Gasteiger partial charge < -0.3 is 5.32 Å². The molecule has 0 aliphatic heterocycles. The average molecular weight is 313 g/mol. The predicted molar refractivity (Wildman–Crippen MR) is 90.2 cm³/mol.